The summed E-state index contributed by atoms with van der Waals surface area (Å²) in [6.45, 7) is 2.79. The maximum atomic E-state index is 11.8. The average molecular weight is 262 g/mol. The average Bonchev–Trinajstić information content (AvgIpc) is 2.83. The lowest BCUT2D eigenvalue weighted by molar-refractivity contribution is 0.0954. The Kier molecular flexibility index (Phi) is 4.01. The van der Waals surface area contributed by atoms with E-state index >= 15 is 0 Å². The first-order valence-corrected chi connectivity index (χ1v) is 6.33. The lowest BCUT2D eigenvalue weighted by atomic mass is 10.1. The highest BCUT2D eigenvalue weighted by Gasteiger charge is 2.12. The molecule has 3 N–H and O–H groups in total. The maximum Gasteiger partial charge on any atom is 0.265 e. The predicted molar refractivity (Wildman–Crippen MR) is 70.1 cm³/mol. The van der Waals surface area contributed by atoms with Gasteiger partial charge in [0.1, 0.15) is 4.88 Å². The fraction of sp³-hybridized carbons (Fsp3) is 0.250. The minimum Gasteiger partial charge on any atom is -0.347 e. The summed E-state index contributed by atoms with van der Waals surface area (Å²) in [5.41, 5.74) is 8.30. The van der Waals surface area contributed by atoms with Crippen LogP contribution in [0.2, 0.25) is 0 Å². The highest BCUT2D eigenvalue weighted by atomic mass is 32.1. The number of nitrogens with one attached hydrogen (secondary N) is 1. The largest absolute Gasteiger partial charge is 0.347 e. The number of benzene rings is 1. The van der Waals surface area contributed by atoms with Gasteiger partial charge in [-0.25, -0.2) is 0 Å². The Morgan fingerprint density at radius 1 is 1.33 bits per heavy atom. The second-order valence-electron chi connectivity index (χ2n) is 3.89. The molecule has 5 nitrogen and oxygen atoms in total. The fourth-order valence-corrected chi connectivity index (χ4v) is 2.07. The highest BCUT2D eigenvalue weighted by Crippen LogP contribution is 2.09. The van der Waals surface area contributed by atoms with Crippen molar-refractivity contribution < 1.29 is 4.79 Å². The number of aryl methyl sites for hydroxylation is 1. The van der Waals surface area contributed by atoms with E-state index in [9.17, 15) is 4.79 Å². The first kappa shape index (κ1) is 12.7. The van der Waals surface area contributed by atoms with Crippen molar-refractivity contribution in [3.05, 3.63) is 46.0 Å². The summed E-state index contributed by atoms with van der Waals surface area (Å²) in [5, 5.41) is 6.65. The molecule has 1 aromatic carbocycles. The number of amides is 1. The molecule has 0 aliphatic rings. The Morgan fingerprint density at radius 3 is 2.56 bits per heavy atom. The Balaban J connectivity index is 1.95. The van der Waals surface area contributed by atoms with Crippen LogP contribution >= 0.6 is 11.5 Å². The van der Waals surface area contributed by atoms with Crippen molar-refractivity contribution in [3.63, 3.8) is 0 Å². The molecule has 2 aromatic rings. The van der Waals surface area contributed by atoms with Crippen molar-refractivity contribution in [2.45, 2.75) is 20.0 Å². The SMILES string of the molecule is Cc1nnsc1C(=O)NCc1ccc(CN)cc1. The standard InChI is InChI=1S/C12H14N4OS/c1-8-11(18-16-15-8)12(17)14-7-10-4-2-9(6-13)3-5-10/h2-5H,6-7,13H2,1H3,(H,14,17). The lowest BCUT2D eigenvalue weighted by Crippen LogP contribution is -2.22. The highest BCUT2D eigenvalue weighted by molar-refractivity contribution is 7.07. The number of hydrogen-bond acceptors (Lipinski definition) is 5. The number of rotatable bonds is 4. The molecule has 0 saturated carbocycles. The molecule has 0 unspecified atom stereocenters. The maximum absolute atomic E-state index is 11.8. The van der Waals surface area contributed by atoms with Gasteiger partial charge in [0.15, 0.2) is 0 Å². The van der Waals surface area contributed by atoms with E-state index < -0.39 is 0 Å². The Hall–Kier alpha value is -1.79. The van der Waals surface area contributed by atoms with Crippen LogP contribution in [0.4, 0.5) is 0 Å². The fourth-order valence-electron chi connectivity index (χ4n) is 1.50. The second kappa shape index (κ2) is 5.70. The molecular formula is C12H14N4OS. The van der Waals surface area contributed by atoms with Crippen LogP contribution in [0.25, 0.3) is 0 Å². The van der Waals surface area contributed by atoms with Crippen LogP contribution in [0.5, 0.6) is 0 Å². The molecule has 94 valence electrons. The molecule has 1 amide bonds. The summed E-state index contributed by atoms with van der Waals surface area (Å²) >= 11 is 1.11. The number of carbonyl (C=O) groups excluding carboxylic acids is 1. The lowest BCUT2D eigenvalue weighted by Gasteiger charge is -2.04. The molecule has 0 aliphatic heterocycles. The van der Waals surface area contributed by atoms with Crippen molar-refractivity contribution in [3.8, 4) is 0 Å². The van der Waals surface area contributed by atoms with E-state index in [4.69, 9.17) is 5.73 Å². The van der Waals surface area contributed by atoms with Crippen LogP contribution in [0.1, 0.15) is 26.5 Å². The van der Waals surface area contributed by atoms with E-state index in [1.807, 2.05) is 24.3 Å². The van der Waals surface area contributed by atoms with Crippen LogP contribution in [-0.4, -0.2) is 15.5 Å². The van der Waals surface area contributed by atoms with E-state index in [2.05, 4.69) is 14.9 Å². The molecule has 0 bridgehead atoms. The second-order valence-corrected chi connectivity index (χ2v) is 4.64. The zero-order valence-corrected chi connectivity index (χ0v) is 10.8. The number of nitrogens with zero attached hydrogens (tertiary/aromatic N) is 2. The van der Waals surface area contributed by atoms with Gasteiger partial charge in [-0.1, -0.05) is 28.8 Å². The molecule has 18 heavy (non-hydrogen) atoms. The molecule has 0 radical (unpaired) electrons. The number of aromatic nitrogens is 2. The van der Waals surface area contributed by atoms with Gasteiger partial charge in [-0.05, 0) is 29.6 Å². The van der Waals surface area contributed by atoms with Gasteiger partial charge in [0.2, 0.25) is 0 Å². The number of hydrogen-bond donors (Lipinski definition) is 2. The molecule has 0 spiro atoms. The number of carbonyl (C=O) groups is 1. The third kappa shape index (κ3) is 2.91. The van der Waals surface area contributed by atoms with Crippen LogP contribution in [-0.2, 0) is 13.1 Å². The van der Waals surface area contributed by atoms with Crippen LogP contribution in [0.15, 0.2) is 24.3 Å². The smallest absolute Gasteiger partial charge is 0.265 e. The summed E-state index contributed by atoms with van der Waals surface area (Å²) in [6.07, 6.45) is 0. The van der Waals surface area contributed by atoms with E-state index in [1.165, 1.54) is 0 Å². The van der Waals surface area contributed by atoms with Crippen molar-refractivity contribution in [2.75, 3.05) is 0 Å². The van der Waals surface area contributed by atoms with Gasteiger partial charge in [0.05, 0.1) is 5.69 Å². The molecule has 0 atom stereocenters. The van der Waals surface area contributed by atoms with Crippen molar-refractivity contribution in [1.82, 2.24) is 14.9 Å². The van der Waals surface area contributed by atoms with Gasteiger partial charge in [-0.15, -0.1) is 5.10 Å². The quantitative estimate of drug-likeness (QED) is 0.868. The summed E-state index contributed by atoms with van der Waals surface area (Å²) in [7, 11) is 0. The zero-order chi connectivity index (χ0) is 13.0. The van der Waals surface area contributed by atoms with Gasteiger partial charge in [0.25, 0.3) is 5.91 Å². The molecule has 1 heterocycles. The van der Waals surface area contributed by atoms with Crippen LogP contribution in [0, 0.1) is 6.92 Å². The van der Waals surface area contributed by atoms with Gasteiger partial charge in [-0.2, -0.15) is 0 Å². The normalized spacial score (nSPS) is 10.3. The Labute approximate surface area is 109 Å². The van der Waals surface area contributed by atoms with E-state index in [0.717, 1.165) is 22.7 Å². The van der Waals surface area contributed by atoms with Crippen molar-refractivity contribution in [1.29, 1.82) is 0 Å². The van der Waals surface area contributed by atoms with E-state index in [0.29, 0.717) is 23.7 Å². The third-order valence-electron chi connectivity index (χ3n) is 2.57. The molecule has 0 saturated heterocycles. The summed E-state index contributed by atoms with van der Waals surface area (Å²) in [6, 6.07) is 7.84. The van der Waals surface area contributed by atoms with Crippen molar-refractivity contribution >= 4 is 17.4 Å². The van der Waals surface area contributed by atoms with E-state index in [-0.39, 0.29) is 5.91 Å². The molecule has 1 aromatic heterocycles. The van der Waals surface area contributed by atoms with E-state index in [1.54, 1.807) is 6.92 Å². The van der Waals surface area contributed by atoms with Gasteiger partial charge in [0, 0.05) is 13.1 Å². The monoisotopic (exact) mass is 262 g/mol. The van der Waals surface area contributed by atoms with Gasteiger partial charge >= 0.3 is 0 Å². The molecule has 0 fully saturated rings. The first-order valence-electron chi connectivity index (χ1n) is 5.55. The van der Waals surface area contributed by atoms with Crippen LogP contribution < -0.4 is 11.1 Å². The van der Waals surface area contributed by atoms with Gasteiger partial charge < -0.3 is 11.1 Å². The minimum absolute atomic E-state index is 0.134. The van der Waals surface area contributed by atoms with Gasteiger partial charge in [-0.3, -0.25) is 4.79 Å². The Bertz CT molecular complexity index is 535. The summed E-state index contributed by atoms with van der Waals surface area (Å²) in [5.74, 6) is -0.134. The molecular weight excluding hydrogens is 248 g/mol. The van der Waals surface area contributed by atoms with Crippen LogP contribution in [0.3, 0.4) is 0 Å². The molecule has 0 aliphatic carbocycles. The zero-order valence-electron chi connectivity index (χ0n) is 10.0. The molecule has 6 heteroatoms. The third-order valence-corrected chi connectivity index (χ3v) is 3.40. The number of nitrogens with two attached hydrogens (primary N) is 1. The first-order chi connectivity index (χ1) is 8.70. The Morgan fingerprint density at radius 2 is 2.00 bits per heavy atom. The predicted octanol–water partition coefficient (Wildman–Crippen LogP) is 1.24. The summed E-state index contributed by atoms with van der Waals surface area (Å²) in [4.78, 5) is 12.4. The minimum atomic E-state index is -0.134. The topological polar surface area (TPSA) is 80.9 Å². The summed E-state index contributed by atoms with van der Waals surface area (Å²) < 4.78 is 3.74. The van der Waals surface area contributed by atoms with Crippen molar-refractivity contribution in [2.24, 2.45) is 5.73 Å². The molecule has 2 rings (SSSR count).